The van der Waals surface area contributed by atoms with Gasteiger partial charge in [-0.3, -0.25) is 14.5 Å². The molecule has 2 N–H and O–H groups in total. The molecule has 130 valence electrons. The zero-order valence-corrected chi connectivity index (χ0v) is 14.1. The summed E-state index contributed by atoms with van der Waals surface area (Å²) in [6.45, 7) is 5.67. The van der Waals surface area contributed by atoms with Crippen molar-refractivity contribution in [2.75, 3.05) is 38.2 Å². The van der Waals surface area contributed by atoms with Crippen LogP contribution in [-0.4, -0.2) is 49.6 Å². The summed E-state index contributed by atoms with van der Waals surface area (Å²) in [7, 11) is 0. The molecule has 0 radical (unpaired) electrons. The van der Waals surface area contributed by atoms with E-state index in [1.807, 2.05) is 24.3 Å². The lowest BCUT2D eigenvalue weighted by Gasteiger charge is -2.32. The molecule has 6 nitrogen and oxygen atoms in total. The van der Waals surface area contributed by atoms with Crippen molar-refractivity contribution >= 4 is 17.5 Å². The predicted octanol–water partition coefficient (Wildman–Crippen LogP) is 1.54. The molecule has 1 aliphatic heterocycles. The number of nitrogens with zero attached hydrogens (tertiary/aromatic N) is 1. The van der Waals surface area contributed by atoms with Gasteiger partial charge in [0.2, 0.25) is 11.8 Å². The molecular weight excluding hydrogens is 306 g/mol. The van der Waals surface area contributed by atoms with E-state index in [9.17, 15) is 9.59 Å². The summed E-state index contributed by atoms with van der Waals surface area (Å²) in [6.07, 6.45) is 1.88. The van der Waals surface area contributed by atoms with Gasteiger partial charge in [0.05, 0.1) is 19.8 Å². The van der Waals surface area contributed by atoms with Crippen LogP contribution in [0.3, 0.4) is 0 Å². The molecule has 0 spiro atoms. The summed E-state index contributed by atoms with van der Waals surface area (Å²) < 4.78 is 5.39. The van der Waals surface area contributed by atoms with Crippen LogP contribution >= 0.6 is 0 Å². The molecule has 0 unspecified atom stereocenters. The zero-order valence-electron chi connectivity index (χ0n) is 14.1. The average Bonchev–Trinajstić information content (AvgIpc) is 3.46. The first-order valence-corrected chi connectivity index (χ1v) is 8.63. The number of ether oxygens (including phenoxy) is 1. The molecule has 1 aromatic rings. The number of rotatable bonds is 6. The smallest absolute Gasteiger partial charge is 0.243 e. The van der Waals surface area contributed by atoms with Crippen LogP contribution in [0.1, 0.15) is 31.4 Å². The molecule has 0 bridgehead atoms. The number of carbonyl (C=O) groups is 2. The van der Waals surface area contributed by atoms with Gasteiger partial charge in [0.25, 0.3) is 0 Å². The second-order valence-electron chi connectivity index (χ2n) is 6.49. The van der Waals surface area contributed by atoms with E-state index in [0.29, 0.717) is 6.04 Å². The highest BCUT2D eigenvalue weighted by Crippen LogP contribution is 2.28. The number of carbonyl (C=O) groups excluding carboxylic acids is 2. The molecule has 1 aliphatic carbocycles. The molecule has 2 aliphatic rings. The van der Waals surface area contributed by atoms with Crippen LogP contribution < -0.4 is 10.6 Å². The molecule has 1 atom stereocenters. The summed E-state index contributed by atoms with van der Waals surface area (Å²) in [5.41, 5.74) is 1.97. The summed E-state index contributed by atoms with van der Waals surface area (Å²) in [6, 6.07) is 8.23. The zero-order chi connectivity index (χ0) is 16.9. The van der Waals surface area contributed by atoms with Gasteiger partial charge in [-0.25, -0.2) is 0 Å². The van der Waals surface area contributed by atoms with E-state index >= 15 is 0 Å². The van der Waals surface area contributed by atoms with Gasteiger partial charge in [-0.05, 0) is 37.5 Å². The van der Waals surface area contributed by atoms with E-state index in [-0.39, 0.29) is 24.3 Å². The maximum atomic E-state index is 11.9. The van der Waals surface area contributed by atoms with Crippen LogP contribution in [0.15, 0.2) is 24.3 Å². The maximum absolute atomic E-state index is 11.9. The van der Waals surface area contributed by atoms with Crippen LogP contribution in [0.5, 0.6) is 0 Å². The average molecular weight is 331 g/mol. The standard InChI is InChI=1S/C18H25N3O3/c1-13(21-8-10-24-11-9-21)14-4-6-16(7-5-14)20-17(22)12-19-18(23)15-2-3-15/h4-7,13,15H,2-3,8-12H2,1H3,(H,19,23)(H,20,22)/t13-/m1/s1. The first-order valence-electron chi connectivity index (χ1n) is 8.63. The molecule has 2 fully saturated rings. The Bertz CT molecular complexity index is 578. The van der Waals surface area contributed by atoms with Crippen LogP contribution in [0.2, 0.25) is 0 Å². The van der Waals surface area contributed by atoms with Crippen molar-refractivity contribution in [1.29, 1.82) is 0 Å². The molecule has 24 heavy (non-hydrogen) atoms. The topological polar surface area (TPSA) is 70.7 Å². The lowest BCUT2D eigenvalue weighted by atomic mass is 10.1. The molecule has 1 saturated heterocycles. The SMILES string of the molecule is C[C@H](c1ccc(NC(=O)CNC(=O)C2CC2)cc1)N1CCOCC1. The van der Waals surface area contributed by atoms with Gasteiger partial charge in [0.1, 0.15) is 0 Å². The van der Waals surface area contributed by atoms with Crippen molar-refractivity contribution in [3.05, 3.63) is 29.8 Å². The van der Waals surface area contributed by atoms with E-state index in [0.717, 1.165) is 44.8 Å². The molecule has 2 amide bonds. The van der Waals surface area contributed by atoms with Gasteiger partial charge in [-0.15, -0.1) is 0 Å². The Hall–Kier alpha value is -1.92. The lowest BCUT2D eigenvalue weighted by molar-refractivity contribution is -0.125. The highest BCUT2D eigenvalue weighted by Gasteiger charge is 2.29. The maximum Gasteiger partial charge on any atom is 0.243 e. The lowest BCUT2D eigenvalue weighted by Crippen LogP contribution is -2.38. The van der Waals surface area contributed by atoms with Gasteiger partial charge in [0, 0.05) is 30.7 Å². The second kappa shape index (κ2) is 7.77. The monoisotopic (exact) mass is 331 g/mol. The van der Waals surface area contributed by atoms with Crippen molar-refractivity contribution in [3.63, 3.8) is 0 Å². The largest absolute Gasteiger partial charge is 0.379 e. The number of nitrogens with one attached hydrogen (secondary N) is 2. The third kappa shape index (κ3) is 4.55. The van der Waals surface area contributed by atoms with E-state index in [1.54, 1.807) is 0 Å². The number of anilines is 1. The van der Waals surface area contributed by atoms with Gasteiger partial charge < -0.3 is 15.4 Å². The number of hydrogen-bond donors (Lipinski definition) is 2. The number of amides is 2. The normalized spacial score (nSPS) is 19.5. The minimum Gasteiger partial charge on any atom is -0.379 e. The predicted molar refractivity (Wildman–Crippen MR) is 91.6 cm³/mol. The van der Waals surface area contributed by atoms with E-state index in [4.69, 9.17) is 4.74 Å². The van der Waals surface area contributed by atoms with Crippen molar-refractivity contribution in [2.24, 2.45) is 5.92 Å². The highest BCUT2D eigenvalue weighted by molar-refractivity contribution is 5.95. The fourth-order valence-electron chi connectivity index (χ4n) is 2.88. The third-order valence-corrected chi connectivity index (χ3v) is 4.64. The Labute approximate surface area is 142 Å². The van der Waals surface area contributed by atoms with Crippen molar-refractivity contribution in [3.8, 4) is 0 Å². The summed E-state index contributed by atoms with van der Waals surface area (Å²) in [5, 5.41) is 5.48. The van der Waals surface area contributed by atoms with Crippen LogP contribution in [0.4, 0.5) is 5.69 Å². The molecule has 1 saturated carbocycles. The van der Waals surface area contributed by atoms with E-state index in [1.165, 1.54) is 5.56 Å². The van der Waals surface area contributed by atoms with Crippen molar-refractivity contribution < 1.29 is 14.3 Å². The first-order chi connectivity index (χ1) is 11.6. The molecule has 1 heterocycles. The number of morpholine rings is 1. The molecular formula is C18H25N3O3. The minimum atomic E-state index is -0.196. The van der Waals surface area contributed by atoms with E-state index < -0.39 is 0 Å². The van der Waals surface area contributed by atoms with Crippen molar-refractivity contribution in [2.45, 2.75) is 25.8 Å². The Morgan fingerprint density at radius 3 is 2.50 bits per heavy atom. The first kappa shape index (κ1) is 16.9. The van der Waals surface area contributed by atoms with Gasteiger partial charge in [0.15, 0.2) is 0 Å². The summed E-state index contributed by atoms with van der Waals surface area (Å²) in [4.78, 5) is 25.8. The summed E-state index contributed by atoms with van der Waals surface area (Å²) in [5.74, 6) is -0.0865. The Morgan fingerprint density at radius 2 is 1.88 bits per heavy atom. The van der Waals surface area contributed by atoms with Gasteiger partial charge in [-0.1, -0.05) is 12.1 Å². The Balaban J connectivity index is 1.48. The minimum absolute atomic E-state index is 0.0140. The van der Waals surface area contributed by atoms with Crippen LogP contribution in [0, 0.1) is 5.92 Å². The van der Waals surface area contributed by atoms with Crippen molar-refractivity contribution in [1.82, 2.24) is 10.2 Å². The molecule has 1 aromatic carbocycles. The molecule has 3 rings (SSSR count). The van der Waals surface area contributed by atoms with Gasteiger partial charge in [-0.2, -0.15) is 0 Å². The molecule has 0 aromatic heterocycles. The second-order valence-corrected chi connectivity index (χ2v) is 6.49. The Morgan fingerprint density at radius 1 is 1.21 bits per heavy atom. The fraction of sp³-hybridized carbons (Fsp3) is 0.556. The number of benzene rings is 1. The Kier molecular flexibility index (Phi) is 5.48. The third-order valence-electron chi connectivity index (χ3n) is 4.64. The van der Waals surface area contributed by atoms with Gasteiger partial charge >= 0.3 is 0 Å². The highest BCUT2D eigenvalue weighted by atomic mass is 16.5. The number of hydrogen-bond acceptors (Lipinski definition) is 4. The van der Waals surface area contributed by atoms with Crippen LogP contribution in [0.25, 0.3) is 0 Å². The van der Waals surface area contributed by atoms with E-state index in [2.05, 4.69) is 22.5 Å². The quantitative estimate of drug-likeness (QED) is 0.830. The fourth-order valence-corrected chi connectivity index (χ4v) is 2.88. The van der Waals surface area contributed by atoms with Crippen LogP contribution in [-0.2, 0) is 14.3 Å². The molecule has 6 heteroatoms. The summed E-state index contributed by atoms with van der Waals surface area (Å²) >= 11 is 0.